The van der Waals surface area contributed by atoms with Crippen molar-refractivity contribution in [3.63, 3.8) is 0 Å². The molecule has 0 aliphatic carbocycles. The Hall–Kier alpha value is -3.16. The minimum absolute atomic E-state index is 0.146. The first kappa shape index (κ1) is 22.5. The molecular weight excluding hydrogens is 406 g/mol. The van der Waals surface area contributed by atoms with Crippen LogP contribution < -0.4 is 20.1 Å². The largest absolute Gasteiger partial charge is 0.486 e. The van der Waals surface area contributed by atoms with Gasteiger partial charge in [0.1, 0.15) is 24.8 Å². The number of halogens is 2. The lowest BCUT2D eigenvalue weighted by atomic mass is 9.95. The van der Waals surface area contributed by atoms with E-state index in [9.17, 15) is 18.4 Å². The van der Waals surface area contributed by atoms with Gasteiger partial charge in [-0.05, 0) is 42.2 Å². The highest BCUT2D eigenvalue weighted by molar-refractivity contribution is 5.94. The van der Waals surface area contributed by atoms with Crippen molar-refractivity contribution in [2.45, 2.75) is 32.7 Å². The summed E-state index contributed by atoms with van der Waals surface area (Å²) in [6, 6.07) is 8.21. The molecule has 1 aliphatic rings. The molecular formula is C23H26F2N2O4. The van der Waals surface area contributed by atoms with Crippen molar-refractivity contribution in [2.75, 3.05) is 19.8 Å². The third kappa shape index (κ3) is 5.93. The number of hydrogen-bond acceptors (Lipinski definition) is 4. The van der Waals surface area contributed by atoms with Gasteiger partial charge in [-0.15, -0.1) is 0 Å². The van der Waals surface area contributed by atoms with Crippen LogP contribution >= 0.6 is 0 Å². The molecule has 1 atom stereocenters. The topological polar surface area (TPSA) is 76.7 Å². The van der Waals surface area contributed by atoms with Gasteiger partial charge in [0.05, 0.1) is 11.6 Å². The van der Waals surface area contributed by atoms with E-state index in [1.807, 2.05) is 32.0 Å². The zero-order chi connectivity index (χ0) is 22.4. The second kappa shape index (κ2) is 10.2. The summed E-state index contributed by atoms with van der Waals surface area (Å²) in [6.45, 7) is 5.22. The second-order valence-electron chi connectivity index (χ2n) is 7.68. The monoisotopic (exact) mass is 432 g/mol. The SMILES string of the molecule is CC(C)C(NC(=O)CCCNC(=O)c1ccc(F)cc1F)c1ccc2c(c1)OCCO2. The summed E-state index contributed by atoms with van der Waals surface area (Å²) in [7, 11) is 0. The fourth-order valence-corrected chi connectivity index (χ4v) is 3.35. The first-order valence-electron chi connectivity index (χ1n) is 10.3. The Kier molecular flexibility index (Phi) is 7.44. The number of nitrogens with one attached hydrogen (secondary N) is 2. The third-order valence-corrected chi connectivity index (χ3v) is 4.95. The van der Waals surface area contributed by atoms with Crippen LogP contribution in [0.3, 0.4) is 0 Å². The number of hydrogen-bond donors (Lipinski definition) is 2. The number of carbonyl (C=O) groups excluding carboxylic acids is 2. The van der Waals surface area contributed by atoms with Crippen molar-refractivity contribution in [2.24, 2.45) is 5.92 Å². The number of rotatable bonds is 8. The highest BCUT2D eigenvalue weighted by atomic mass is 19.1. The van der Waals surface area contributed by atoms with Crippen LogP contribution in [0.1, 0.15) is 48.7 Å². The minimum atomic E-state index is -0.922. The Morgan fingerprint density at radius 1 is 1.03 bits per heavy atom. The van der Waals surface area contributed by atoms with Crippen LogP contribution in [0.2, 0.25) is 0 Å². The Morgan fingerprint density at radius 2 is 1.77 bits per heavy atom. The molecule has 31 heavy (non-hydrogen) atoms. The molecule has 1 heterocycles. The highest BCUT2D eigenvalue weighted by Gasteiger charge is 2.21. The van der Waals surface area contributed by atoms with Crippen LogP contribution in [0.25, 0.3) is 0 Å². The van der Waals surface area contributed by atoms with Crippen molar-refractivity contribution in [1.29, 1.82) is 0 Å². The van der Waals surface area contributed by atoms with Crippen molar-refractivity contribution in [3.05, 3.63) is 59.2 Å². The molecule has 0 saturated carbocycles. The van der Waals surface area contributed by atoms with Crippen molar-refractivity contribution < 1.29 is 27.8 Å². The summed E-state index contributed by atoms with van der Waals surface area (Å²) in [4.78, 5) is 24.4. The van der Waals surface area contributed by atoms with Crippen molar-refractivity contribution >= 4 is 11.8 Å². The molecule has 0 fully saturated rings. The normalized spacial score (nSPS) is 13.6. The van der Waals surface area contributed by atoms with Gasteiger partial charge < -0.3 is 20.1 Å². The molecule has 0 radical (unpaired) electrons. The summed E-state index contributed by atoms with van der Waals surface area (Å²) in [6.07, 6.45) is 0.576. The van der Waals surface area contributed by atoms with E-state index >= 15 is 0 Å². The molecule has 0 spiro atoms. The lowest BCUT2D eigenvalue weighted by Gasteiger charge is -2.25. The van der Waals surface area contributed by atoms with E-state index in [4.69, 9.17) is 9.47 Å². The van der Waals surface area contributed by atoms with E-state index in [0.717, 1.165) is 17.7 Å². The van der Waals surface area contributed by atoms with E-state index in [1.54, 1.807) is 0 Å². The predicted octanol–water partition coefficient (Wildman–Crippen LogP) is 3.76. The van der Waals surface area contributed by atoms with Gasteiger partial charge in [0, 0.05) is 19.0 Å². The summed E-state index contributed by atoms with van der Waals surface area (Å²) >= 11 is 0. The Morgan fingerprint density at radius 3 is 2.48 bits per heavy atom. The molecule has 0 aromatic heterocycles. The molecule has 2 aromatic rings. The summed E-state index contributed by atoms with van der Waals surface area (Å²) in [5, 5.41) is 5.57. The fourth-order valence-electron chi connectivity index (χ4n) is 3.35. The standard InChI is InChI=1S/C23H26F2N2O4/c1-14(2)22(15-5-8-19-20(12-15)31-11-10-30-19)27-21(28)4-3-9-26-23(29)17-7-6-16(24)13-18(17)25/h5-8,12-14,22H,3-4,9-11H2,1-2H3,(H,26,29)(H,27,28). The van der Waals surface area contributed by atoms with E-state index in [0.29, 0.717) is 37.2 Å². The number of fused-ring (bicyclic) bond motifs is 1. The van der Waals surface area contributed by atoms with Crippen LogP contribution in [-0.4, -0.2) is 31.6 Å². The van der Waals surface area contributed by atoms with Crippen molar-refractivity contribution in [3.8, 4) is 11.5 Å². The lowest BCUT2D eigenvalue weighted by molar-refractivity contribution is -0.122. The predicted molar refractivity (Wildman–Crippen MR) is 111 cm³/mol. The highest BCUT2D eigenvalue weighted by Crippen LogP contribution is 2.34. The fraction of sp³-hybridized carbons (Fsp3) is 0.391. The molecule has 8 heteroatoms. The van der Waals surface area contributed by atoms with Gasteiger partial charge >= 0.3 is 0 Å². The number of carbonyl (C=O) groups is 2. The average molecular weight is 432 g/mol. The van der Waals surface area contributed by atoms with E-state index in [-0.39, 0.29) is 36.4 Å². The van der Waals surface area contributed by atoms with Crippen LogP contribution in [0.4, 0.5) is 8.78 Å². The first-order valence-corrected chi connectivity index (χ1v) is 10.3. The second-order valence-corrected chi connectivity index (χ2v) is 7.68. The molecule has 2 N–H and O–H groups in total. The Bertz CT molecular complexity index is 949. The van der Waals surface area contributed by atoms with Crippen LogP contribution in [0.15, 0.2) is 36.4 Å². The molecule has 0 bridgehead atoms. The molecule has 166 valence electrons. The Labute approximate surface area is 179 Å². The molecule has 2 aromatic carbocycles. The van der Waals surface area contributed by atoms with Gasteiger partial charge in [0.25, 0.3) is 5.91 Å². The van der Waals surface area contributed by atoms with E-state index in [2.05, 4.69) is 10.6 Å². The van der Waals surface area contributed by atoms with E-state index in [1.165, 1.54) is 0 Å². The molecule has 1 aliphatic heterocycles. The maximum absolute atomic E-state index is 13.6. The average Bonchev–Trinajstić information content (AvgIpc) is 2.74. The maximum Gasteiger partial charge on any atom is 0.254 e. The van der Waals surface area contributed by atoms with E-state index < -0.39 is 17.5 Å². The number of amides is 2. The first-order chi connectivity index (χ1) is 14.8. The summed E-state index contributed by atoms with van der Waals surface area (Å²) in [5.41, 5.74) is 0.692. The van der Waals surface area contributed by atoms with Gasteiger partial charge in [0.15, 0.2) is 11.5 Å². The van der Waals surface area contributed by atoms with Gasteiger partial charge in [-0.25, -0.2) is 8.78 Å². The van der Waals surface area contributed by atoms with Crippen molar-refractivity contribution in [1.82, 2.24) is 10.6 Å². The smallest absolute Gasteiger partial charge is 0.254 e. The zero-order valence-corrected chi connectivity index (χ0v) is 17.5. The zero-order valence-electron chi connectivity index (χ0n) is 17.5. The number of ether oxygens (including phenoxy) is 2. The lowest BCUT2D eigenvalue weighted by Crippen LogP contribution is -2.32. The summed E-state index contributed by atoms with van der Waals surface area (Å²) < 4.78 is 37.8. The summed E-state index contributed by atoms with van der Waals surface area (Å²) in [5.74, 6) is -0.966. The minimum Gasteiger partial charge on any atom is -0.486 e. The van der Waals surface area contributed by atoms with Gasteiger partial charge in [-0.3, -0.25) is 9.59 Å². The van der Waals surface area contributed by atoms with Crippen LogP contribution in [0.5, 0.6) is 11.5 Å². The molecule has 3 rings (SSSR count). The van der Waals surface area contributed by atoms with Crippen LogP contribution in [-0.2, 0) is 4.79 Å². The third-order valence-electron chi connectivity index (χ3n) is 4.95. The molecule has 0 saturated heterocycles. The maximum atomic E-state index is 13.6. The molecule has 2 amide bonds. The molecule has 6 nitrogen and oxygen atoms in total. The van der Waals surface area contributed by atoms with Crippen LogP contribution in [0, 0.1) is 17.6 Å². The quantitative estimate of drug-likeness (QED) is 0.623. The molecule has 1 unspecified atom stereocenters. The van der Waals surface area contributed by atoms with Gasteiger partial charge in [-0.1, -0.05) is 19.9 Å². The van der Waals surface area contributed by atoms with Gasteiger partial charge in [0.2, 0.25) is 5.91 Å². The van der Waals surface area contributed by atoms with Gasteiger partial charge in [-0.2, -0.15) is 0 Å². The Balaban J connectivity index is 1.50. The number of benzene rings is 2.